The molecule has 0 spiro atoms. The molecule has 2 N–H and O–H groups in total. The molecule has 0 saturated carbocycles. The van der Waals surface area contributed by atoms with Gasteiger partial charge in [0.15, 0.2) is 5.16 Å². The number of carbonyl (C=O) groups is 1. The number of primary amides is 1. The van der Waals surface area contributed by atoms with Crippen LogP contribution in [0.5, 0.6) is 0 Å². The predicted octanol–water partition coefficient (Wildman–Crippen LogP) is 1.15. The summed E-state index contributed by atoms with van der Waals surface area (Å²) in [5.41, 5.74) is 5.73. The lowest BCUT2D eigenvalue weighted by molar-refractivity contribution is -0.115. The molecule has 1 amide bonds. The van der Waals surface area contributed by atoms with E-state index in [0.29, 0.717) is 22.6 Å². The Bertz CT molecular complexity index is 753. The van der Waals surface area contributed by atoms with E-state index in [2.05, 4.69) is 4.98 Å². The van der Waals surface area contributed by atoms with E-state index in [1.165, 1.54) is 11.8 Å². The van der Waals surface area contributed by atoms with Gasteiger partial charge < -0.3 is 10.5 Å². The van der Waals surface area contributed by atoms with E-state index in [9.17, 15) is 9.59 Å². The van der Waals surface area contributed by atoms with Crippen molar-refractivity contribution in [3.63, 3.8) is 0 Å². The highest BCUT2D eigenvalue weighted by atomic mass is 32.2. The van der Waals surface area contributed by atoms with Crippen LogP contribution < -0.4 is 11.3 Å². The maximum atomic E-state index is 12.7. The lowest BCUT2D eigenvalue weighted by Crippen LogP contribution is -2.29. The zero-order valence-electron chi connectivity index (χ0n) is 12.0. The fourth-order valence-corrected chi connectivity index (χ4v) is 3.29. The number of para-hydroxylation sites is 1. The number of ether oxygens (including phenoxy) is 1. The molecular formula is C15H17N3O3S. The third-order valence-electron chi connectivity index (χ3n) is 3.58. The second-order valence-electron chi connectivity index (χ2n) is 5.22. The molecule has 22 heavy (non-hydrogen) atoms. The number of rotatable bonds is 5. The number of benzene rings is 1. The van der Waals surface area contributed by atoms with E-state index in [1.54, 1.807) is 16.7 Å². The summed E-state index contributed by atoms with van der Waals surface area (Å²) in [7, 11) is 0. The molecule has 1 saturated heterocycles. The largest absolute Gasteiger partial charge is 0.376 e. The number of nitrogens with zero attached hydrogens (tertiary/aromatic N) is 2. The molecule has 0 radical (unpaired) electrons. The fraction of sp³-hybridized carbons (Fsp3) is 0.400. The van der Waals surface area contributed by atoms with Crippen LogP contribution in [0, 0.1) is 0 Å². The Morgan fingerprint density at radius 1 is 1.45 bits per heavy atom. The number of hydrogen-bond acceptors (Lipinski definition) is 5. The van der Waals surface area contributed by atoms with Crippen LogP contribution in [0.2, 0.25) is 0 Å². The molecule has 1 aliphatic rings. The highest BCUT2D eigenvalue weighted by Crippen LogP contribution is 2.20. The van der Waals surface area contributed by atoms with E-state index < -0.39 is 5.91 Å². The molecule has 3 rings (SSSR count). The quantitative estimate of drug-likeness (QED) is 0.660. The molecule has 0 unspecified atom stereocenters. The standard InChI is InChI=1S/C15H17N3O3S/c16-13(19)9-22-15-17-12-6-2-1-5-11(12)14(20)18(15)8-10-4-3-7-21-10/h1-2,5-6,10H,3-4,7-9H2,(H2,16,19)/t10-/m0/s1. The number of hydrogen-bond donors (Lipinski definition) is 1. The van der Waals surface area contributed by atoms with Crippen molar-refractivity contribution < 1.29 is 9.53 Å². The van der Waals surface area contributed by atoms with E-state index in [1.807, 2.05) is 12.1 Å². The molecule has 2 aromatic rings. The third kappa shape index (κ3) is 3.15. The van der Waals surface area contributed by atoms with E-state index in [4.69, 9.17) is 10.5 Å². The maximum Gasteiger partial charge on any atom is 0.262 e. The Labute approximate surface area is 131 Å². The first kappa shape index (κ1) is 15.1. The zero-order valence-corrected chi connectivity index (χ0v) is 12.8. The summed E-state index contributed by atoms with van der Waals surface area (Å²) >= 11 is 1.19. The van der Waals surface area contributed by atoms with Gasteiger partial charge in [0, 0.05) is 6.61 Å². The fourth-order valence-electron chi connectivity index (χ4n) is 2.55. The van der Waals surface area contributed by atoms with Crippen molar-refractivity contribution in [3.8, 4) is 0 Å². The maximum absolute atomic E-state index is 12.7. The van der Waals surface area contributed by atoms with Crippen LogP contribution in [0.3, 0.4) is 0 Å². The Morgan fingerprint density at radius 3 is 3.00 bits per heavy atom. The molecule has 1 fully saturated rings. The SMILES string of the molecule is NC(=O)CSc1nc2ccccc2c(=O)n1C[C@@H]1CCCO1. The van der Waals surface area contributed by atoms with E-state index in [0.717, 1.165) is 19.4 Å². The minimum atomic E-state index is -0.434. The molecule has 0 bridgehead atoms. The van der Waals surface area contributed by atoms with Crippen molar-refractivity contribution in [2.75, 3.05) is 12.4 Å². The van der Waals surface area contributed by atoms with Crippen LogP contribution in [0.1, 0.15) is 12.8 Å². The lowest BCUT2D eigenvalue weighted by atomic mass is 10.2. The van der Waals surface area contributed by atoms with Gasteiger partial charge in [-0.05, 0) is 25.0 Å². The number of amides is 1. The molecule has 1 aromatic heterocycles. The summed E-state index contributed by atoms with van der Waals surface area (Å²) < 4.78 is 7.22. The summed E-state index contributed by atoms with van der Waals surface area (Å²) in [5, 5.41) is 1.09. The number of aromatic nitrogens is 2. The molecule has 7 heteroatoms. The van der Waals surface area contributed by atoms with Crippen LogP contribution in [0.25, 0.3) is 10.9 Å². The van der Waals surface area contributed by atoms with Crippen molar-refractivity contribution in [2.45, 2.75) is 30.6 Å². The van der Waals surface area contributed by atoms with Crippen LogP contribution in [-0.4, -0.2) is 33.9 Å². The average molecular weight is 319 g/mol. The van der Waals surface area contributed by atoms with Gasteiger partial charge in [-0.25, -0.2) is 4.98 Å². The zero-order chi connectivity index (χ0) is 15.5. The molecule has 6 nitrogen and oxygen atoms in total. The van der Waals surface area contributed by atoms with E-state index in [-0.39, 0.29) is 17.4 Å². The van der Waals surface area contributed by atoms with Gasteiger partial charge in [0.05, 0.1) is 29.3 Å². The first-order valence-electron chi connectivity index (χ1n) is 7.17. The number of carbonyl (C=O) groups excluding carboxylic acids is 1. The van der Waals surface area contributed by atoms with Gasteiger partial charge in [-0.1, -0.05) is 23.9 Å². The molecule has 2 heterocycles. The summed E-state index contributed by atoms with van der Waals surface area (Å²) in [6.45, 7) is 1.18. The minimum Gasteiger partial charge on any atom is -0.376 e. The summed E-state index contributed by atoms with van der Waals surface area (Å²) in [6, 6.07) is 7.21. The van der Waals surface area contributed by atoms with Crippen molar-refractivity contribution >= 4 is 28.6 Å². The third-order valence-corrected chi connectivity index (χ3v) is 4.58. The summed E-state index contributed by atoms with van der Waals surface area (Å²) in [5.74, 6) is -0.341. The Morgan fingerprint density at radius 2 is 2.27 bits per heavy atom. The molecule has 1 atom stereocenters. The Balaban J connectivity index is 2.03. The van der Waals surface area contributed by atoms with Crippen molar-refractivity contribution in [2.24, 2.45) is 5.73 Å². The highest BCUT2D eigenvalue weighted by molar-refractivity contribution is 7.99. The molecule has 116 valence electrons. The summed E-state index contributed by atoms with van der Waals surface area (Å²) in [6.07, 6.45) is 1.96. The molecule has 1 aromatic carbocycles. The van der Waals surface area contributed by atoms with Crippen molar-refractivity contribution in [1.82, 2.24) is 9.55 Å². The first-order valence-corrected chi connectivity index (χ1v) is 8.16. The minimum absolute atomic E-state index is 0.0218. The van der Waals surface area contributed by atoms with Gasteiger partial charge in [-0.3, -0.25) is 14.2 Å². The summed E-state index contributed by atoms with van der Waals surface area (Å²) in [4.78, 5) is 28.3. The van der Waals surface area contributed by atoms with Gasteiger partial charge in [0.1, 0.15) is 0 Å². The van der Waals surface area contributed by atoms with Gasteiger partial charge in [0.2, 0.25) is 5.91 Å². The Kier molecular flexibility index (Phi) is 4.44. The van der Waals surface area contributed by atoms with Gasteiger partial charge in [-0.15, -0.1) is 0 Å². The normalized spacial score (nSPS) is 17.9. The average Bonchev–Trinajstić information content (AvgIpc) is 3.01. The second-order valence-corrected chi connectivity index (χ2v) is 6.16. The highest BCUT2D eigenvalue weighted by Gasteiger charge is 2.20. The van der Waals surface area contributed by atoms with Gasteiger partial charge in [-0.2, -0.15) is 0 Å². The second kappa shape index (κ2) is 6.50. The van der Waals surface area contributed by atoms with Crippen molar-refractivity contribution in [3.05, 3.63) is 34.6 Å². The molecule has 1 aliphatic heterocycles. The van der Waals surface area contributed by atoms with E-state index >= 15 is 0 Å². The van der Waals surface area contributed by atoms with Crippen LogP contribution in [-0.2, 0) is 16.1 Å². The van der Waals surface area contributed by atoms with Gasteiger partial charge in [0.25, 0.3) is 5.56 Å². The lowest BCUT2D eigenvalue weighted by Gasteiger charge is -2.16. The first-order chi connectivity index (χ1) is 10.6. The smallest absolute Gasteiger partial charge is 0.262 e. The number of thioether (sulfide) groups is 1. The molecular weight excluding hydrogens is 302 g/mol. The monoisotopic (exact) mass is 319 g/mol. The van der Waals surface area contributed by atoms with Crippen LogP contribution >= 0.6 is 11.8 Å². The van der Waals surface area contributed by atoms with Crippen molar-refractivity contribution in [1.29, 1.82) is 0 Å². The molecule has 0 aliphatic carbocycles. The topological polar surface area (TPSA) is 87.2 Å². The number of fused-ring (bicyclic) bond motifs is 1. The van der Waals surface area contributed by atoms with Gasteiger partial charge >= 0.3 is 0 Å². The number of nitrogens with two attached hydrogens (primary N) is 1. The Hall–Kier alpha value is -1.86. The van der Waals surface area contributed by atoms with Crippen LogP contribution in [0.15, 0.2) is 34.2 Å². The predicted molar refractivity (Wildman–Crippen MR) is 84.9 cm³/mol. The van der Waals surface area contributed by atoms with Crippen LogP contribution in [0.4, 0.5) is 0 Å².